The summed E-state index contributed by atoms with van der Waals surface area (Å²) in [5, 5.41) is 18.8. The Labute approximate surface area is 321 Å². The fraction of sp³-hybridized carbons (Fsp3) is 0.457. The van der Waals surface area contributed by atoms with Gasteiger partial charge < -0.3 is 11.3 Å². The maximum absolute atomic E-state index is 15.9. The van der Waals surface area contributed by atoms with Gasteiger partial charge in [0, 0.05) is 23.6 Å². The van der Waals surface area contributed by atoms with Crippen LogP contribution in [0.1, 0.15) is 89.9 Å². The van der Waals surface area contributed by atoms with Crippen molar-refractivity contribution in [1.82, 2.24) is 29.3 Å². The molecule has 48 heavy (non-hydrogen) atoms. The summed E-state index contributed by atoms with van der Waals surface area (Å²) >= 11 is 0. The van der Waals surface area contributed by atoms with Crippen molar-refractivity contribution in [1.29, 1.82) is 0 Å². The molecule has 250 valence electrons. The Morgan fingerprint density at radius 1 is 1.15 bits per heavy atom. The number of ether oxygens (including phenoxy) is 1. The van der Waals surface area contributed by atoms with Crippen molar-refractivity contribution >= 4 is 5.78 Å². The Kier molecular flexibility index (Phi) is 11.4. The van der Waals surface area contributed by atoms with E-state index in [2.05, 4.69) is 24.7 Å². The third-order valence-electron chi connectivity index (χ3n) is 9.23. The van der Waals surface area contributed by atoms with Crippen LogP contribution in [0.5, 0.6) is 0 Å². The predicted molar refractivity (Wildman–Crippen MR) is 176 cm³/mol. The van der Waals surface area contributed by atoms with Crippen LogP contribution in [0.2, 0.25) is 0 Å². The molecule has 5 aromatic rings. The zero-order chi connectivity index (χ0) is 33.5. The van der Waals surface area contributed by atoms with Crippen LogP contribution >= 0.6 is 0 Å². The van der Waals surface area contributed by atoms with Crippen LogP contribution in [0, 0.1) is 12.7 Å². The maximum Gasteiger partial charge on any atom is 1.00 e. The summed E-state index contributed by atoms with van der Waals surface area (Å²) in [6.07, 6.45) is 4.00. The summed E-state index contributed by atoms with van der Waals surface area (Å²) in [5.74, 6) is 0.195. The first-order valence-electron chi connectivity index (χ1n) is 16.3. The monoisotopic (exact) mass is 684 g/mol. The third kappa shape index (κ3) is 7.52. The van der Waals surface area contributed by atoms with E-state index in [1.807, 2.05) is 39.0 Å². The van der Waals surface area contributed by atoms with Crippen molar-refractivity contribution < 1.29 is 71.6 Å². The number of aryl methyl sites for hydroxylation is 2. The molecule has 1 aliphatic rings. The number of halogens is 1. The number of hydrogen-bond acceptors (Lipinski definition) is 8. The zero-order valence-corrected chi connectivity index (χ0v) is 31.5. The molecule has 0 saturated heterocycles. The van der Waals surface area contributed by atoms with Gasteiger partial charge in [-0.2, -0.15) is 10.1 Å². The summed E-state index contributed by atoms with van der Waals surface area (Å²) < 4.78 is 30.3. The van der Waals surface area contributed by atoms with Gasteiger partial charge in [-0.05, 0) is 82.6 Å². The van der Waals surface area contributed by atoms with Crippen LogP contribution in [0.25, 0.3) is 28.3 Å². The van der Waals surface area contributed by atoms with Crippen molar-refractivity contribution in [3.05, 3.63) is 91.8 Å². The Morgan fingerprint density at radius 3 is 2.48 bits per heavy atom. The van der Waals surface area contributed by atoms with E-state index in [-0.39, 0.29) is 88.9 Å². The average Bonchev–Trinajstić information content (AvgIpc) is 3.65. The van der Waals surface area contributed by atoms with Gasteiger partial charge >= 0.3 is 57.1 Å². The smallest absolute Gasteiger partial charge is 1.00 e. The molecule has 1 unspecified atom stereocenters. The number of rotatable bonds is 10. The number of nitrogens with one attached hydrogen (secondary N) is 1. The Hall–Kier alpha value is -2.78. The fourth-order valence-corrected chi connectivity index (χ4v) is 6.46. The molecule has 0 radical (unpaired) electrons. The van der Waals surface area contributed by atoms with Gasteiger partial charge in [-0.25, -0.2) is 13.7 Å². The minimum atomic E-state index is -0.947. The number of hydrogen-bond donors (Lipinski definition) is 2. The number of nitrogens with zero attached hydrogens (tertiary/aromatic N) is 5. The second kappa shape index (κ2) is 15.0. The molecule has 2 aromatic carbocycles. The molecule has 0 aliphatic heterocycles. The normalized spacial score (nSPS) is 17.4. The Bertz CT molecular complexity index is 2030. The standard InChI is InChI=1S/C35H41FN6O5.K.H/c1-6-9-30-28(18-23-13-12-22(19-29(23)36)26-10-7-8-11-27(26)31-38-34(44)47-40-31)32(43)41(33-37-21(3)39-42(30)33)24-14-16-25(17-15-24)46-20(2)35(4,5)45;;/h7-8,10-13,19-20,24-25,45H,6,9,14-18H2,1-5H3,(H,38,40,44);;/q;+1;-1. The molecule has 1 fully saturated rings. The zero-order valence-electron chi connectivity index (χ0n) is 29.4. The van der Waals surface area contributed by atoms with Crippen LogP contribution in [0.15, 0.2) is 56.6 Å². The van der Waals surface area contributed by atoms with Crippen molar-refractivity contribution in [2.75, 3.05) is 0 Å². The van der Waals surface area contributed by atoms with E-state index in [1.165, 1.54) is 6.07 Å². The molecule has 2 N–H and O–H groups in total. The summed E-state index contributed by atoms with van der Waals surface area (Å²) in [7, 11) is 0. The van der Waals surface area contributed by atoms with Crippen LogP contribution in [0.4, 0.5) is 4.39 Å². The van der Waals surface area contributed by atoms with E-state index in [1.54, 1.807) is 41.1 Å². The van der Waals surface area contributed by atoms with E-state index < -0.39 is 17.2 Å². The second-order valence-electron chi connectivity index (χ2n) is 13.1. The first-order valence-corrected chi connectivity index (χ1v) is 16.3. The molecule has 3 aromatic heterocycles. The molecule has 1 atom stereocenters. The summed E-state index contributed by atoms with van der Waals surface area (Å²) in [5.41, 5.74) is 2.37. The quantitative estimate of drug-likeness (QED) is 0.214. The number of aromatic amines is 1. The predicted octanol–water partition coefficient (Wildman–Crippen LogP) is 2.67. The molecule has 3 heterocycles. The number of aromatic nitrogens is 6. The second-order valence-corrected chi connectivity index (χ2v) is 13.1. The van der Waals surface area contributed by atoms with Crippen molar-refractivity contribution in [2.45, 2.75) is 103 Å². The summed E-state index contributed by atoms with van der Waals surface area (Å²) in [6, 6.07) is 12.1. The first-order chi connectivity index (χ1) is 22.4. The fourth-order valence-electron chi connectivity index (χ4n) is 6.46. The summed E-state index contributed by atoms with van der Waals surface area (Å²) in [6.45, 7) is 9.20. The van der Waals surface area contributed by atoms with E-state index in [0.29, 0.717) is 58.7 Å². The molecule has 0 spiro atoms. The van der Waals surface area contributed by atoms with Gasteiger partial charge in [-0.3, -0.25) is 18.9 Å². The van der Waals surface area contributed by atoms with Gasteiger partial charge in [0.25, 0.3) is 5.56 Å². The maximum atomic E-state index is 15.9. The Balaban J connectivity index is 0.00000270. The summed E-state index contributed by atoms with van der Waals surface area (Å²) in [4.78, 5) is 33.3. The molecule has 1 saturated carbocycles. The van der Waals surface area contributed by atoms with Gasteiger partial charge in [-0.15, -0.1) is 0 Å². The van der Waals surface area contributed by atoms with Gasteiger partial charge in [0.05, 0.1) is 23.5 Å². The number of H-pyrrole nitrogens is 1. The number of fused-ring (bicyclic) bond motifs is 1. The average molecular weight is 685 g/mol. The van der Waals surface area contributed by atoms with E-state index in [9.17, 15) is 14.7 Å². The van der Waals surface area contributed by atoms with Crippen molar-refractivity contribution in [3.63, 3.8) is 0 Å². The minimum absolute atomic E-state index is 0. The molecule has 1 aliphatic carbocycles. The molecular weight excluding hydrogens is 643 g/mol. The van der Waals surface area contributed by atoms with Crippen LogP contribution in [0.3, 0.4) is 0 Å². The van der Waals surface area contributed by atoms with Crippen molar-refractivity contribution in [2.24, 2.45) is 0 Å². The topological polar surface area (TPSA) is 141 Å². The SMILES string of the molecule is CCCc1c(Cc2ccc(-c3ccccc3-c3noc(=O)[nH]3)cc2F)c(=O)n(C2CCC(OC(C)C(C)(C)O)CC2)c2nc(C)nn12.[H-].[K+]. The van der Waals surface area contributed by atoms with Gasteiger partial charge in [-0.1, -0.05) is 54.9 Å². The molecule has 6 rings (SSSR count). The first kappa shape index (κ1) is 36.5. The number of benzene rings is 2. The van der Waals surface area contributed by atoms with Crippen LogP contribution in [-0.4, -0.2) is 52.2 Å². The van der Waals surface area contributed by atoms with Gasteiger partial charge in [0.2, 0.25) is 5.78 Å². The molecule has 0 amide bonds. The molecule has 13 heteroatoms. The third-order valence-corrected chi connectivity index (χ3v) is 9.23. The van der Waals surface area contributed by atoms with Crippen molar-refractivity contribution in [3.8, 4) is 22.5 Å². The largest absolute Gasteiger partial charge is 1.00 e. The molecule has 11 nitrogen and oxygen atoms in total. The van der Waals surface area contributed by atoms with E-state index >= 15 is 4.39 Å². The van der Waals surface area contributed by atoms with Gasteiger partial charge in [0.15, 0.2) is 5.82 Å². The van der Waals surface area contributed by atoms with E-state index in [0.717, 1.165) is 25.0 Å². The molecular formula is C35H42FKN6O5. The van der Waals surface area contributed by atoms with Crippen LogP contribution in [-0.2, 0) is 17.6 Å². The Morgan fingerprint density at radius 2 is 1.85 bits per heavy atom. The number of aliphatic hydroxyl groups is 1. The van der Waals surface area contributed by atoms with Crippen LogP contribution < -0.4 is 62.7 Å². The minimum Gasteiger partial charge on any atom is -1.00 e. The molecule has 0 bridgehead atoms. The van der Waals surface area contributed by atoms with E-state index in [4.69, 9.17) is 4.74 Å². The van der Waals surface area contributed by atoms with Gasteiger partial charge in [0.1, 0.15) is 11.6 Å².